The number of thiazole rings is 1. The molecule has 0 aliphatic heterocycles. The molecule has 0 unspecified atom stereocenters. The Morgan fingerprint density at radius 3 is 2.33 bits per heavy atom. The van der Waals surface area contributed by atoms with Crippen LogP contribution in [-0.4, -0.2) is 11.0 Å². The van der Waals surface area contributed by atoms with Crippen LogP contribution in [0.25, 0.3) is 0 Å². The molecule has 0 spiro atoms. The topological polar surface area (TPSA) is 24.9 Å². The van der Waals surface area contributed by atoms with Gasteiger partial charge in [-0.3, -0.25) is 0 Å². The maximum absolute atomic E-state index is 4.84. The van der Waals surface area contributed by atoms with Gasteiger partial charge in [0.05, 0.1) is 11.2 Å². The summed E-state index contributed by atoms with van der Waals surface area (Å²) in [5.41, 5.74) is 1.35. The Hall–Kier alpha value is -0.410. The van der Waals surface area contributed by atoms with Crippen LogP contribution in [-0.2, 0) is 5.54 Å². The number of nitrogens with one attached hydrogen (secondary N) is 1. The van der Waals surface area contributed by atoms with Gasteiger partial charge in [0, 0.05) is 10.9 Å². The van der Waals surface area contributed by atoms with E-state index in [4.69, 9.17) is 4.98 Å². The molecular weight excluding hydrogens is 240 g/mol. The van der Waals surface area contributed by atoms with Crippen LogP contribution >= 0.6 is 11.3 Å². The first kappa shape index (κ1) is 14.0. The van der Waals surface area contributed by atoms with Gasteiger partial charge in [0.15, 0.2) is 0 Å². The standard InChI is InChI=1S/C15H26N2S/c1-10(2)17-15(8-6-11(3)7-9-15)14-16-12(4)13(5)18-14/h10-11,17H,6-9H2,1-5H3. The third kappa shape index (κ3) is 2.77. The molecule has 1 aromatic rings. The summed E-state index contributed by atoms with van der Waals surface area (Å²) in [5.74, 6) is 0.870. The van der Waals surface area contributed by atoms with E-state index in [-0.39, 0.29) is 5.54 Å². The molecular formula is C15H26N2S. The van der Waals surface area contributed by atoms with Crippen molar-refractivity contribution in [2.24, 2.45) is 5.92 Å². The van der Waals surface area contributed by atoms with E-state index >= 15 is 0 Å². The highest BCUT2D eigenvalue weighted by Gasteiger charge is 2.38. The molecule has 18 heavy (non-hydrogen) atoms. The van der Waals surface area contributed by atoms with Crippen LogP contribution in [0.4, 0.5) is 0 Å². The highest BCUT2D eigenvalue weighted by Crippen LogP contribution is 2.41. The summed E-state index contributed by atoms with van der Waals surface area (Å²) in [4.78, 5) is 6.21. The van der Waals surface area contributed by atoms with E-state index in [1.165, 1.54) is 41.3 Å². The van der Waals surface area contributed by atoms with E-state index in [9.17, 15) is 0 Å². The minimum atomic E-state index is 0.143. The molecule has 1 fully saturated rings. The van der Waals surface area contributed by atoms with Gasteiger partial charge in [-0.25, -0.2) is 4.98 Å². The maximum Gasteiger partial charge on any atom is 0.113 e. The van der Waals surface area contributed by atoms with E-state index in [1.54, 1.807) is 0 Å². The van der Waals surface area contributed by atoms with Crippen LogP contribution in [0.1, 0.15) is 62.0 Å². The van der Waals surface area contributed by atoms with E-state index < -0.39 is 0 Å². The number of aryl methyl sites for hydroxylation is 2. The maximum atomic E-state index is 4.84. The molecule has 0 radical (unpaired) electrons. The Morgan fingerprint density at radius 1 is 1.28 bits per heavy atom. The molecule has 102 valence electrons. The molecule has 1 aliphatic rings. The summed E-state index contributed by atoms with van der Waals surface area (Å²) >= 11 is 1.89. The molecule has 0 atom stereocenters. The highest BCUT2D eigenvalue weighted by molar-refractivity contribution is 7.11. The molecule has 0 bridgehead atoms. The first-order valence-electron chi connectivity index (χ1n) is 7.15. The average Bonchev–Trinajstić information content (AvgIpc) is 2.63. The number of hydrogen-bond donors (Lipinski definition) is 1. The van der Waals surface area contributed by atoms with Crippen LogP contribution in [0.3, 0.4) is 0 Å². The Balaban J connectivity index is 2.29. The van der Waals surface area contributed by atoms with E-state index in [0.29, 0.717) is 6.04 Å². The van der Waals surface area contributed by atoms with Gasteiger partial charge in [0.1, 0.15) is 5.01 Å². The van der Waals surface area contributed by atoms with Gasteiger partial charge in [0.25, 0.3) is 0 Å². The molecule has 3 heteroatoms. The monoisotopic (exact) mass is 266 g/mol. The number of nitrogens with zero attached hydrogens (tertiary/aromatic N) is 1. The summed E-state index contributed by atoms with van der Waals surface area (Å²) in [6.07, 6.45) is 5.10. The predicted octanol–water partition coefficient (Wildman–Crippen LogP) is 4.16. The molecule has 1 N–H and O–H groups in total. The van der Waals surface area contributed by atoms with Crippen molar-refractivity contribution in [2.45, 2.75) is 71.9 Å². The predicted molar refractivity (Wildman–Crippen MR) is 79.2 cm³/mol. The molecule has 1 heterocycles. The molecule has 0 saturated heterocycles. The summed E-state index contributed by atoms with van der Waals surface area (Å²) in [6.45, 7) is 11.2. The summed E-state index contributed by atoms with van der Waals surface area (Å²) in [7, 11) is 0. The van der Waals surface area contributed by atoms with Gasteiger partial charge in [-0.15, -0.1) is 11.3 Å². The zero-order chi connectivity index (χ0) is 13.3. The highest BCUT2D eigenvalue weighted by atomic mass is 32.1. The first-order valence-corrected chi connectivity index (χ1v) is 7.97. The lowest BCUT2D eigenvalue weighted by atomic mass is 9.77. The van der Waals surface area contributed by atoms with Crippen LogP contribution in [0.2, 0.25) is 0 Å². The number of rotatable bonds is 3. The molecule has 1 aliphatic carbocycles. The van der Waals surface area contributed by atoms with Gasteiger partial charge in [0.2, 0.25) is 0 Å². The lowest BCUT2D eigenvalue weighted by Crippen LogP contribution is -2.48. The minimum absolute atomic E-state index is 0.143. The quantitative estimate of drug-likeness (QED) is 0.888. The zero-order valence-corrected chi connectivity index (χ0v) is 13.2. The molecule has 1 aromatic heterocycles. The molecule has 2 rings (SSSR count). The van der Waals surface area contributed by atoms with Crippen molar-refractivity contribution >= 4 is 11.3 Å². The summed E-state index contributed by atoms with van der Waals surface area (Å²) < 4.78 is 0. The summed E-state index contributed by atoms with van der Waals surface area (Å²) in [6, 6.07) is 0.517. The van der Waals surface area contributed by atoms with Crippen LogP contribution in [0.15, 0.2) is 0 Å². The average molecular weight is 266 g/mol. The van der Waals surface area contributed by atoms with Crippen molar-refractivity contribution in [2.75, 3.05) is 0 Å². The van der Waals surface area contributed by atoms with Crippen molar-refractivity contribution in [3.8, 4) is 0 Å². The lowest BCUT2D eigenvalue weighted by molar-refractivity contribution is 0.183. The van der Waals surface area contributed by atoms with E-state index in [0.717, 1.165) is 5.92 Å². The second kappa shape index (κ2) is 5.30. The van der Waals surface area contributed by atoms with Crippen molar-refractivity contribution in [3.05, 3.63) is 15.6 Å². The SMILES string of the molecule is Cc1nc(C2(NC(C)C)CCC(C)CC2)sc1C. The number of aromatic nitrogens is 1. The first-order chi connectivity index (χ1) is 8.43. The second-order valence-electron chi connectivity index (χ2n) is 6.22. The molecule has 0 amide bonds. The fourth-order valence-corrected chi connectivity index (χ4v) is 4.03. The largest absolute Gasteiger partial charge is 0.303 e. The third-order valence-electron chi connectivity index (χ3n) is 4.13. The van der Waals surface area contributed by atoms with Gasteiger partial charge < -0.3 is 5.32 Å². The third-order valence-corrected chi connectivity index (χ3v) is 5.41. The fourth-order valence-electron chi connectivity index (χ4n) is 2.90. The number of hydrogen-bond acceptors (Lipinski definition) is 3. The molecule has 2 nitrogen and oxygen atoms in total. The fraction of sp³-hybridized carbons (Fsp3) is 0.800. The Bertz CT molecular complexity index is 381. The van der Waals surface area contributed by atoms with Gasteiger partial charge in [-0.05, 0) is 59.3 Å². The van der Waals surface area contributed by atoms with Gasteiger partial charge in [-0.1, -0.05) is 6.92 Å². The Kier molecular flexibility index (Phi) is 4.12. The smallest absolute Gasteiger partial charge is 0.113 e. The van der Waals surface area contributed by atoms with Crippen molar-refractivity contribution < 1.29 is 0 Å². The molecule has 1 saturated carbocycles. The van der Waals surface area contributed by atoms with Crippen LogP contribution in [0, 0.1) is 19.8 Å². The second-order valence-corrected chi connectivity index (χ2v) is 7.43. The normalized spacial score (nSPS) is 28.9. The van der Waals surface area contributed by atoms with Crippen molar-refractivity contribution in [3.63, 3.8) is 0 Å². The van der Waals surface area contributed by atoms with Crippen LogP contribution < -0.4 is 5.32 Å². The van der Waals surface area contributed by atoms with Gasteiger partial charge in [-0.2, -0.15) is 0 Å². The zero-order valence-electron chi connectivity index (χ0n) is 12.3. The Labute approximate surface area is 115 Å². The summed E-state index contributed by atoms with van der Waals surface area (Å²) in [5, 5.41) is 5.14. The van der Waals surface area contributed by atoms with Crippen molar-refractivity contribution in [1.29, 1.82) is 0 Å². The van der Waals surface area contributed by atoms with Gasteiger partial charge >= 0.3 is 0 Å². The van der Waals surface area contributed by atoms with Crippen LogP contribution in [0.5, 0.6) is 0 Å². The molecule has 0 aromatic carbocycles. The van der Waals surface area contributed by atoms with E-state index in [2.05, 4.69) is 39.9 Å². The van der Waals surface area contributed by atoms with Crippen molar-refractivity contribution in [1.82, 2.24) is 10.3 Å². The lowest BCUT2D eigenvalue weighted by Gasteiger charge is -2.40. The minimum Gasteiger partial charge on any atom is -0.303 e. The van der Waals surface area contributed by atoms with E-state index in [1.807, 2.05) is 11.3 Å². The Morgan fingerprint density at radius 2 is 1.89 bits per heavy atom.